The van der Waals surface area contributed by atoms with Crippen LogP contribution in [0.15, 0.2) is 46.9 Å². The van der Waals surface area contributed by atoms with Gasteiger partial charge >= 0.3 is 0 Å². The first-order valence-corrected chi connectivity index (χ1v) is 7.34. The molecule has 0 atom stereocenters. The fourth-order valence-corrected chi connectivity index (χ4v) is 2.35. The van der Waals surface area contributed by atoms with Gasteiger partial charge in [-0.1, -0.05) is 28.1 Å². The summed E-state index contributed by atoms with van der Waals surface area (Å²) in [6, 6.07) is 11.6. The van der Waals surface area contributed by atoms with E-state index in [4.69, 9.17) is 5.73 Å². The number of halogens is 1. The van der Waals surface area contributed by atoms with Gasteiger partial charge in [0.1, 0.15) is 5.69 Å². The second-order valence-electron chi connectivity index (χ2n) is 4.61. The number of carbonyl (C=O) groups is 1. The summed E-state index contributed by atoms with van der Waals surface area (Å²) in [5.74, 6) is -0.106. The minimum atomic E-state index is -0.468. The molecule has 0 unspecified atom stereocenters. The highest BCUT2D eigenvalue weighted by molar-refractivity contribution is 9.10. The lowest BCUT2D eigenvalue weighted by molar-refractivity contribution is -0.384. The molecule has 0 heterocycles. The van der Waals surface area contributed by atoms with E-state index in [-0.39, 0.29) is 24.4 Å². The van der Waals surface area contributed by atoms with E-state index in [9.17, 15) is 14.9 Å². The number of nitro benzene ring substituents is 1. The molecule has 6 nitrogen and oxygen atoms in total. The Labute approximate surface area is 135 Å². The molecule has 22 heavy (non-hydrogen) atoms. The van der Waals surface area contributed by atoms with Crippen LogP contribution in [-0.2, 0) is 0 Å². The molecule has 0 radical (unpaired) electrons. The van der Waals surface area contributed by atoms with Crippen LogP contribution in [0.3, 0.4) is 0 Å². The van der Waals surface area contributed by atoms with Crippen molar-refractivity contribution >= 4 is 38.8 Å². The smallest absolute Gasteiger partial charge is 0.293 e. The second kappa shape index (κ2) is 7.04. The fraction of sp³-hybridized carbons (Fsp3) is 0.133. The zero-order chi connectivity index (χ0) is 16.1. The van der Waals surface area contributed by atoms with Crippen molar-refractivity contribution in [3.63, 3.8) is 0 Å². The lowest BCUT2D eigenvalue weighted by atomic mass is 10.1. The van der Waals surface area contributed by atoms with E-state index in [1.54, 1.807) is 36.4 Å². The number of benzene rings is 2. The Morgan fingerprint density at radius 2 is 2.00 bits per heavy atom. The molecule has 0 aliphatic carbocycles. The molecular weight excluding hydrogens is 350 g/mol. The molecule has 114 valence electrons. The molecular formula is C15H14BrN3O3. The predicted octanol–water partition coefficient (Wildman–Crippen LogP) is 3.62. The standard InChI is InChI=1S/C15H14BrN3O3/c16-10-5-6-13(14(9-10)19(21)22)18-8-7-15(20)11-3-1-2-4-12(11)17/h1-6,9,18H,7-8,17H2. The van der Waals surface area contributed by atoms with Crippen molar-refractivity contribution in [3.8, 4) is 0 Å². The molecule has 2 aromatic rings. The van der Waals surface area contributed by atoms with Crippen LogP contribution in [0.25, 0.3) is 0 Å². The topological polar surface area (TPSA) is 98.3 Å². The Bertz CT molecular complexity index is 719. The quantitative estimate of drug-likeness (QED) is 0.353. The number of Topliss-reactive ketones (excluding diaryl/α,β-unsaturated/α-hetero) is 1. The van der Waals surface area contributed by atoms with E-state index < -0.39 is 4.92 Å². The number of rotatable bonds is 6. The first-order valence-electron chi connectivity index (χ1n) is 6.54. The molecule has 0 saturated carbocycles. The van der Waals surface area contributed by atoms with Crippen molar-refractivity contribution in [3.05, 3.63) is 62.6 Å². The van der Waals surface area contributed by atoms with Gasteiger partial charge in [0.25, 0.3) is 5.69 Å². The minimum Gasteiger partial charge on any atom is -0.398 e. The minimum absolute atomic E-state index is 0.0407. The summed E-state index contributed by atoms with van der Waals surface area (Å²) in [5.41, 5.74) is 6.98. The highest BCUT2D eigenvalue weighted by Gasteiger charge is 2.14. The molecule has 7 heteroatoms. The molecule has 0 aliphatic heterocycles. The maximum absolute atomic E-state index is 12.1. The van der Waals surface area contributed by atoms with Gasteiger partial charge in [-0.3, -0.25) is 14.9 Å². The number of ketones is 1. The molecule has 0 bridgehead atoms. The number of nitrogen functional groups attached to an aromatic ring is 1. The Morgan fingerprint density at radius 1 is 1.27 bits per heavy atom. The Hall–Kier alpha value is -2.41. The van der Waals surface area contributed by atoms with Crippen molar-refractivity contribution < 1.29 is 9.72 Å². The molecule has 0 aromatic heterocycles. The average molecular weight is 364 g/mol. The van der Waals surface area contributed by atoms with Gasteiger partial charge in [0.15, 0.2) is 5.78 Å². The van der Waals surface area contributed by atoms with Crippen molar-refractivity contribution in [2.45, 2.75) is 6.42 Å². The summed E-state index contributed by atoms with van der Waals surface area (Å²) in [4.78, 5) is 22.6. The monoisotopic (exact) mass is 363 g/mol. The molecule has 0 amide bonds. The number of nitrogens with two attached hydrogens (primary N) is 1. The zero-order valence-electron chi connectivity index (χ0n) is 11.6. The summed E-state index contributed by atoms with van der Waals surface area (Å²) in [5, 5.41) is 13.9. The Morgan fingerprint density at radius 3 is 2.68 bits per heavy atom. The fourth-order valence-electron chi connectivity index (χ4n) is 2.00. The Balaban J connectivity index is 2.01. The zero-order valence-corrected chi connectivity index (χ0v) is 13.2. The molecule has 3 N–H and O–H groups in total. The third-order valence-electron chi connectivity index (χ3n) is 3.09. The number of para-hydroxylation sites is 1. The van der Waals surface area contributed by atoms with Crippen molar-refractivity contribution in [2.75, 3.05) is 17.6 Å². The first-order chi connectivity index (χ1) is 10.5. The van der Waals surface area contributed by atoms with E-state index in [0.29, 0.717) is 21.4 Å². The summed E-state index contributed by atoms with van der Waals surface area (Å²) < 4.78 is 0.623. The van der Waals surface area contributed by atoms with Gasteiger partial charge in [0.2, 0.25) is 0 Å². The number of carbonyl (C=O) groups excluding carboxylic acids is 1. The summed E-state index contributed by atoms with van der Waals surface area (Å²) >= 11 is 3.19. The number of hydrogen-bond acceptors (Lipinski definition) is 5. The lowest BCUT2D eigenvalue weighted by Gasteiger charge is -2.08. The van der Waals surface area contributed by atoms with Crippen LogP contribution < -0.4 is 11.1 Å². The van der Waals surface area contributed by atoms with Gasteiger partial charge in [-0.2, -0.15) is 0 Å². The summed E-state index contributed by atoms with van der Waals surface area (Å²) in [7, 11) is 0. The van der Waals surface area contributed by atoms with Crippen LogP contribution in [0, 0.1) is 10.1 Å². The van der Waals surface area contributed by atoms with Gasteiger partial charge in [0, 0.05) is 34.8 Å². The van der Waals surface area contributed by atoms with Crippen LogP contribution >= 0.6 is 15.9 Å². The van der Waals surface area contributed by atoms with E-state index >= 15 is 0 Å². The maximum atomic E-state index is 12.1. The molecule has 2 aromatic carbocycles. The Kier molecular flexibility index (Phi) is 5.11. The normalized spacial score (nSPS) is 10.2. The highest BCUT2D eigenvalue weighted by atomic mass is 79.9. The third kappa shape index (κ3) is 3.82. The van der Waals surface area contributed by atoms with Gasteiger partial charge in [-0.15, -0.1) is 0 Å². The molecule has 2 rings (SSSR count). The van der Waals surface area contributed by atoms with Crippen molar-refractivity contribution in [1.82, 2.24) is 0 Å². The average Bonchev–Trinajstić information content (AvgIpc) is 2.48. The molecule has 0 saturated heterocycles. The third-order valence-corrected chi connectivity index (χ3v) is 3.58. The van der Waals surface area contributed by atoms with Crippen LogP contribution in [0.5, 0.6) is 0 Å². The SMILES string of the molecule is Nc1ccccc1C(=O)CCNc1ccc(Br)cc1[N+](=O)[O-]. The van der Waals surface area contributed by atoms with Crippen LogP contribution in [0.1, 0.15) is 16.8 Å². The number of nitro groups is 1. The van der Waals surface area contributed by atoms with Crippen LogP contribution in [0.4, 0.5) is 17.1 Å². The summed E-state index contributed by atoms with van der Waals surface area (Å²) in [6.07, 6.45) is 0.196. The molecule has 0 aliphatic rings. The van der Waals surface area contributed by atoms with E-state index in [1.165, 1.54) is 6.07 Å². The number of hydrogen-bond donors (Lipinski definition) is 2. The number of anilines is 2. The van der Waals surface area contributed by atoms with Gasteiger partial charge < -0.3 is 11.1 Å². The van der Waals surface area contributed by atoms with Gasteiger partial charge in [-0.25, -0.2) is 0 Å². The second-order valence-corrected chi connectivity index (χ2v) is 5.52. The van der Waals surface area contributed by atoms with E-state index in [1.807, 2.05) is 0 Å². The molecule has 0 spiro atoms. The van der Waals surface area contributed by atoms with E-state index in [2.05, 4.69) is 21.2 Å². The number of nitrogens with one attached hydrogen (secondary N) is 1. The first kappa shape index (κ1) is 16.0. The summed E-state index contributed by atoms with van der Waals surface area (Å²) in [6.45, 7) is 0.287. The van der Waals surface area contributed by atoms with Gasteiger partial charge in [-0.05, 0) is 24.3 Å². The maximum Gasteiger partial charge on any atom is 0.293 e. The largest absolute Gasteiger partial charge is 0.398 e. The molecule has 0 fully saturated rings. The lowest BCUT2D eigenvalue weighted by Crippen LogP contribution is -2.11. The number of nitrogens with zero attached hydrogens (tertiary/aromatic N) is 1. The van der Waals surface area contributed by atoms with E-state index in [0.717, 1.165) is 0 Å². The van der Waals surface area contributed by atoms with Crippen molar-refractivity contribution in [1.29, 1.82) is 0 Å². The van der Waals surface area contributed by atoms with Gasteiger partial charge in [0.05, 0.1) is 4.92 Å². The van der Waals surface area contributed by atoms with Crippen LogP contribution in [0.2, 0.25) is 0 Å². The van der Waals surface area contributed by atoms with Crippen LogP contribution in [-0.4, -0.2) is 17.3 Å². The predicted molar refractivity (Wildman–Crippen MR) is 89.1 cm³/mol. The van der Waals surface area contributed by atoms with Crippen molar-refractivity contribution in [2.24, 2.45) is 0 Å². The highest BCUT2D eigenvalue weighted by Crippen LogP contribution is 2.28.